The molecule has 3 aromatic rings. The van der Waals surface area contributed by atoms with E-state index in [1.54, 1.807) is 0 Å². The Bertz CT molecular complexity index is 529. The molecule has 94 valence electrons. The molecule has 3 rings (SSSR count). The predicted molar refractivity (Wildman–Crippen MR) is 92.5 cm³/mol. The van der Waals surface area contributed by atoms with Crippen LogP contribution >= 0.6 is 0 Å². The summed E-state index contributed by atoms with van der Waals surface area (Å²) in [4.78, 5) is 0. The van der Waals surface area contributed by atoms with Crippen molar-refractivity contribution in [2.75, 3.05) is 0 Å². The van der Waals surface area contributed by atoms with Crippen molar-refractivity contribution >= 4 is 75.7 Å². The molecule has 0 heterocycles. The minimum absolute atomic E-state index is 0. The van der Waals surface area contributed by atoms with Crippen LogP contribution in [0, 0.1) is 0 Å². The molecule has 0 saturated carbocycles. The largest absolute Gasteiger partial charge is 0.132 e. The third-order valence-corrected chi connectivity index (χ3v) is 6.55. The van der Waals surface area contributed by atoms with E-state index in [-0.39, 0.29) is 51.4 Å². The van der Waals surface area contributed by atoms with Crippen LogP contribution in [0.5, 0.6) is 0 Å². The summed E-state index contributed by atoms with van der Waals surface area (Å²) in [6.45, 7) is 0. The first-order valence-electron chi connectivity index (χ1n) is 6.60. The van der Waals surface area contributed by atoms with Gasteiger partial charge in [-0.05, 0) is 0 Å². The van der Waals surface area contributed by atoms with E-state index < -0.39 is 8.80 Å². The van der Waals surface area contributed by atoms with Crippen LogP contribution in [0.1, 0.15) is 0 Å². The standard InChI is InChI=1S/C18H16Si.K.H/c1-4-10-16(11-5-1)19(17-12-6-2-7-13-17)18-14-8-3-9-15-18;;/h1-15,19H;;. The monoisotopic (exact) mass is 300 g/mol. The second-order valence-corrected chi connectivity index (χ2v) is 7.53. The molecule has 0 fully saturated rings. The van der Waals surface area contributed by atoms with Gasteiger partial charge in [0.25, 0.3) is 0 Å². The summed E-state index contributed by atoms with van der Waals surface area (Å²) in [7, 11) is -1.31. The maximum Gasteiger partial charge on any atom is 0.132 e. The van der Waals surface area contributed by atoms with E-state index >= 15 is 0 Å². The Kier molecular flexibility index (Phi) is 6.42. The van der Waals surface area contributed by atoms with Crippen molar-refractivity contribution in [2.45, 2.75) is 0 Å². The van der Waals surface area contributed by atoms with Gasteiger partial charge in [-0.25, -0.2) is 0 Å². The van der Waals surface area contributed by atoms with Gasteiger partial charge >= 0.3 is 51.4 Å². The van der Waals surface area contributed by atoms with Crippen LogP contribution < -0.4 is 15.6 Å². The molecule has 20 heavy (non-hydrogen) atoms. The zero-order valence-electron chi connectivity index (χ0n) is 10.7. The molecule has 3 aromatic carbocycles. The number of hydrogen-bond donors (Lipinski definition) is 0. The first kappa shape index (κ1) is 15.9. The molecule has 0 amide bonds. The van der Waals surface area contributed by atoms with Gasteiger partial charge < -0.3 is 0 Å². The van der Waals surface area contributed by atoms with Crippen molar-refractivity contribution in [1.29, 1.82) is 0 Å². The summed E-state index contributed by atoms with van der Waals surface area (Å²) in [5.74, 6) is 0. The summed E-state index contributed by atoms with van der Waals surface area (Å²) in [6, 6.07) is 32.7. The van der Waals surface area contributed by atoms with Crippen LogP contribution in [0.15, 0.2) is 91.0 Å². The van der Waals surface area contributed by atoms with Gasteiger partial charge in [-0.2, -0.15) is 0 Å². The molecule has 2 heteroatoms. The molecule has 0 aliphatic heterocycles. The molecule has 0 atom stereocenters. The second kappa shape index (κ2) is 8.08. The van der Waals surface area contributed by atoms with Crippen molar-refractivity contribution in [3.63, 3.8) is 0 Å². The second-order valence-electron chi connectivity index (χ2n) is 4.67. The van der Waals surface area contributed by atoms with E-state index in [1.165, 1.54) is 15.6 Å². The Morgan fingerprint density at radius 1 is 0.400 bits per heavy atom. The SMILES string of the molecule is [KH].c1ccc([SiH](c2ccccc2)c2ccccc2)cc1. The Hall–Kier alpha value is -0.487. The van der Waals surface area contributed by atoms with Gasteiger partial charge in [-0.3, -0.25) is 0 Å². The molecule has 0 unspecified atom stereocenters. The molecule has 0 nitrogen and oxygen atoms in total. The molecular formula is C18H17KSi. The fraction of sp³-hybridized carbons (Fsp3) is 0. The van der Waals surface area contributed by atoms with Crippen LogP contribution in [0.4, 0.5) is 0 Å². The van der Waals surface area contributed by atoms with Gasteiger partial charge in [0.05, 0.1) is 0 Å². The van der Waals surface area contributed by atoms with Crippen molar-refractivity contribution in [3.8, 4) is 0 Å². The maximum atomic E-state index is 2.26. The summed E-state index contributed by atoms with van der Waals surface area (Å²) in [5.41, 5.74) is 0. The van der Waals surface area contributed by atoms with Gasteiger partial charge in [0.15, 0.2) is 0 Å². The molecule has 0 aliphatic carbocycles. The van der Waals surface area contributed by atoms with Crippen LogP contribution in [-0.2, 0) is 0 Å². The summed E-state index contributed by atoms with van der Waals surface area (Å²) in [5, 5.41) is 4.42. The number of benzene rings is 3. The number of rotatable bonds is 3. The Balaban J connectivity index is 0.00000147. The van der Waals surface area contributed by atoms with Crippen molar-refractivity contribution in [3.05, 3.63) is 91.0 Å². The van der Waals surface area contributed by atoms with Gasteiger partial charge in [-0.15, -0.1) is 0 Å². The van der Waals surface area contributed by atoms with Crippen LogP contribution in [0.2, 0.25) is 0 Å². The molecule has 0 aromatic heterocycles. The molecule has 0 N–H and O–H groups in total. The fourth-order valence-electron chi connectivity index (χ4n) is 2.51. The van der Waals surface area contributed by atoms with E-state index in [0.717, 1.165) is 0 Å². The molecular weight excluding hydrogens is 283 g/mol. The van der Waals surface area contributed by atoms with E-state index in [2.05, 4.69) is 91.0 Å². The minimum Gasteiger partial charge on any atom is -0.0625 e. The van der Waals surface area contributed by atoms with Gasteiger partial charge in [0.1, 0.15) is 8.80 Å². The minimum atomic E-state index is -1.31. The van der Waals surface area contributed by atoms with Crippen molar-refractivity contribution in [2.24, 2.45) is 0 Å². The molecule has 0 radical (unpaired) electrons. The average molecular weight is 301 g/mol. The molecule has 0 saturated heterocycles. The zero-order chi connectivity index (χ0) is 12.9. The molecule has 0 spiro atoms. The third-order valence-electron chi connectivity index (χ3n) is 3.40. The topological polar surface area (TPSA) is 0 Å². The Morgan fingerprint density at radius 3 is 0.900 bits per heavy atom. The summed E-state index contributed by atoms with van der Waals surface area (Å²) >= 11 is 0. The van der Waals surface area contributed by atoms with Crippen LogP contribution in [0.25, 0.3) is 0 Å². The summed E-state index contributed by atoms with van der Waals surface area (Å²) in [6.07, 6.45) is 0. The quantitative estimate of drug-likeness (QED) is 0.505. The molecule has 0 aliphatic rings. The van der Waals surface area contributed by atoms with Gasteiger partial charge in [0, 0.05) is 0 Å². The van der Waals surface area contributed by atoms with Gasteiger partial charge in [-0.1, -0.05) is 107 Å². The first-order valence-corrected chi connectivity index (χ1v) is 8.33. The Morgan fingerprint density at radius 2 is 0.650 bits per heavy atom. The van der Waals surface area contributed by atoms with E-state index in [4.69, 9.17) is 0 Å². The third kappa shape index (κ3) is 3.79. The van der Waals surface area contributed by atoms with E-state index in [1.807, 2.05) is 0 Å². The molecule has 0 bridgehead atoms. The average Bonchev–Trinajstić information content (AvgIpc) is 2.51. The van der Waals surface area contributed by atoms with E-state index in [9.17, 15) is 0 Å². The number of hydrogen-bond acceptors (Lipinski definition) is 0. The summed E-state index contributed by atoms with van der Waals surface area (Å²) < 4.78 is 0. The van der Waals surface area contributed by atoms with Crippen LogP contribution in [-0.4, -0.2) is 60.2 Å². The Labute approximate surface area is 164 Å². The smallest absolute Gasteiger partial charge is 0.0625 e. The predicted octanol–water partition coefficient (Wildman–Crippen LogP) is 1.29. The van der Waals surface area contributed by atoms with Crippen molar-refractivity contribution < 1.29 is 0 Å². The maximum absolute atomic E-state index is 2.26. The van der Waals surface area contributed by atoms with Crippen LogP contribution in [0.3, 0.4) is 0 Å². The zero-order valence-corrected chi connectivity index (χ0v) is 11.9. The van der Waals surface area contributed by atoms with E-state index in [0.29, 0.717) is 0 Å². The van der Waals surface area contributed by atoms with Gasteiger partial charge in [0.2, 0.25) is 0 Å². The normalized spacial score (nSPS) is 10.1. The fourth-order valence-corrected chi connectivity index (χ4v) is 5.49. The van der Waals surface area contributed by atoms with Crippen molar-refractivity contribution in [1.82, 2.24) is 0 Å². The first-order chi connectivity index (χ1) is 9.45.